The number of nitrogens with one attached hydrogen (secondary N) is 3. The molecular weight excluding hydrogens is 807 g/mol. The summed E-state index contributed by atoms with van der Waals surface area (Å²) in [7, 11) is 1.59. The van der Waals surface area contributed by atoms with Crippen molar-refractivity contribution in [1.29, 1.82) is 0 Å². The first kappa shape index (κ1) is 44.5. The lowest BCUT2D eigenvalue weighted by Gasteiger charge is -2.50. The Hall–Kier alpha value is -4.68. The van der Waals surface area contributed by atoms with Crippen molar-refractivity contribution in [2.45, 2.75) is 43.8 Å². The number of carbonyl (C=O) groups excluding carboxylic acids is 3. The van der Waals surface area contributed by atoms with Crippen molar-refractivity contribution in [2.24, 2.45) is 17.9 Å². The second-order valence-corrected chi connectivity index (χ2v) is 13.4. The monoisotopic (exact) mass is 840 g/mol. The van der Waals surface area contributed by atoms with E-state index in [0.717, 1.165) is 16.4 Å². The van der Waals surface area contributed by atoms with Crippen molar-refractivity contribution in [3.05, 3.63) is 43.7 Å². The predicted octanol–water partition coefficient (Wildman–Crippen LogP) is -2.62. The van der Waals surface area contributed by atoms with Crippen LogP contribution in [0.1, 0.15) is 26.1 Å². The lowest BCUT2D eigenvalue weighted by Crippen LogP contribution is -2.71. The number of aliphatic carboxylic acids is 2. The summed E-state index contributed by atoms with van der Waals surface area (Å²) >= 11 is 1.90. The minimum absolute atomic E-state index is 0. The van der Waals surface area contributed by atoms with Crippen LogP contribution >= 0.6 is 60.5 Å². The average molecular weight is 842 g/mol. The molecule has 1 fully saturated rings. The third-order valence-electron chi connectivity index (χ3n) is 7.77. The number of hydrogen-bond donors (Lipinski definition) is 7. The van der Waals surface area contributed by atoms with Gasteiger partial charge in [0, 0.05) is 29.4 Å². The molecule has 2 aromatic heterocycles. The molecule has 0 aliphatic carbocycles. The fourth-order valence-electron chi connectivity index (χ4n) is 4.90. The fraction of sp³-hybridized carbons (Fsp3) is 0.407. The van der Waals surface area contributed by atoms with Gasteiger partial charge in [-0.15, -0.1) is 58.3 Å². The number of anilines is 5. The van der Waals surface area contributed by atoms with Gasteiger partial charge < -0.3 is 53.0 Å². The number of fused-ring (bicyclic) bond motifs is 1. The molecule has 4 heterocycles. The van der Waals surface area contributed by atoms with E-state index in [1.54, 1.807) is 11.7 Å². The van der Waals surface area contributed by atoms with Crippen LogP contribution in [-0.2, 0) is 37.6 Å². The highest BCUT2D eigenvalue weighted by atomic mass is 35.5. The maximum atomic E-state index is 13.3. The number of carbonyl (C=O) groups is 4. The van der Waals surface area contributed by atoms with Crippen LogP contribution in [0.25, 0.3) is 0 Å². The number of rotatable bonds is 15. The zero-order chi connectivity index (χ0) is 36.7. The molecule has 3 aromatic rings. The zero-order valence-electron chi connectivity index (χ0n) is 27.9. The summed E-state index contributed by atoms with van der Waals surface area (Å²) in [5, 5.41) is 32.8. The standard InChI is InChI=1S/C27H32N12O9S2.3ClH/c1-27(2,25(46)47)48-35-14(20-34-26(30)50-36-20)21(42)33-15-22(43)39-16(24(44)45)10(9-49-23(15)39)7-38-8-11(19(29)37(38)3)32-13-12(17(40)18(13)41)31-6-4-5-28;;;/h8,15,23,29H,4-7,9,28H2,1-3H3,(H7,30,31,32,33,34,35,36,40,41,42,44,45,46,47);3*1H/t15-,23-;;;/m1.../s1. The van der Waals surface area contributed by atoms with Crippen LogP contribution in [0, 0.1) is 0 Å². The summed E-state index contributed by atoms with van der Waals surface area (Å²) in [6.45, 7) is 3.10. The zero-order valence-corrected chi connectivity index (χ0v) is 32.0. The van der Waals surface area contributed by atoms with Gasteiger partial charge in [-0.25, -0.2) is 4.79 Å². The maximum absolute atomic E-state index is 13.3. The average Bonchev–Trinajstić information content (AvgIpc) is 3.61. The number of nitrogen functional groups attached to an aromatic ring is 2. The largest absolute Gasteiger partial charge is 0.543 e. The number of hydrogen-bond acceptors (Lipinski definition) is 18. The Labute approximate surface area is 326 Å². The van der Waals surface area contributed by atoms with E-state index >= 15 is 0 Å². The van der Waals surface area contributed by atoms with Gasteiger partial charge in [-0.2, -0.15) is 9.36 Å². The van der Waals surface area contributed by atoms with E-state index in [-0.39, 0.29) is 88.9 Å². The molecular formula is C27H35Cl3N12O9S2. The van der Waals surface area contributed by atoms with Crippen LogP contribution in [0.2, 0.25) is 0 Å². The third kappa shape index (κ3) is 8.60. The molecule has 2 aliphatic heterocycles. The molecule has 1 saturated heterocycles. The highest BCUT2D eigenvalue weighted by Gasteiger charge is 2.53. The van der Waals surface area contributed by atoms with Gasteiger partial charge in [0.2, 0.25) is 23.3 Å². The lowest BCUT2D eigenvalue weighted by atomic mass is 10.0. The molecule has 0 spiro atoms. The van der Waals surface area contributed by atoms with Crippen LogP contribution in [0.4, 0.5) is 28.0 Å². The molecule has 2 aliphatic rings. The van der Waals surface area contributed by atoms with E-state index in [4.69, 9.17) is 22.0 Å². The summed E-state index contributed by atoms with van der Waals surface area (Å²) in [5.74, 6) is -4.79. The molecule has 10 N–H and O–H groups in total. The molecule has 290 valence electrons. The first-order chi connectivity index (χ1) is 23.6. The quantitative estimate of drug-likeness (QED) is 0.0206. The number of oxime groups is 1. The van der Waals surface area contributed by atoms with Gasteiger partial charge >= 0.3 is 5.97 Å². The topological polar surface area (TPSA) is 319 Å². The number of amides is 2. The minimum Gasteiger partial charge on any atom is -0.543 e. The van der Waals surface area contributed by atoms with Crippen molar-refractivity contribution in [3.63, 3.8) is 0 Å². The minimum atomic E-state index is -1.84. The summed E-state index contributed by atoms with van der Waals surface area (Å²) in [6.07, 6.45) is 2.09. The number of thioether (sulfide) groups is 1. The molecule has 0 unspecified atom stereocenters. The van der Waals surface area contributed by atoms with Crippen LogP contribution in [0.15, 0.2) is 32.2 Å². The first-order valence-electron chi connectivity index (χ1n) is 14.7. The van der Waals surface area contributed by atoms with Gasteiger partial charge in [0.1, 0.15) is 22.8 Å². The number of carboxylic acids is 2. The second-order valence-electron chi connectivity index (χ2n) is 11.6. The molecule has 21 nitrogen and oxygen atoms in total. The Morgan fingerprint density at radius 2 is 1.83 bits per heavy atom. The molecule has 0 bridgehead atoms. The van der Waals surface area contributed by atoms with Crippen molar-refractivity contribution in [1.82, 2.24) is 24.3 Å². The fourth-order valence-corrected chi connectivity index (χ4v) is 6.67. The molecule has 2 atom stereocenters. The maximum Gasteiger partial charge on any atom is 0.350 e. The third-order valence-corrected chi connectivity index (χ3v) is 9.65. The molecule has 5 rings (SSSR count). The van der Waals surface area contributed by atoms with Crippen molar-refractivity contribution in [2.75, 3.05) is 40.9 Å². The number of β-lactam (4-membered cyclic amide) rings is 1. The second kappa shape index (κ2) is 17.4. The van der Waals surface area contributed by atoms with E-state index in [9.17, 15) is 39.0 Å². The van der Waals surface area contributed by atoms with Crippen molar-refractivity contribution in [3.8, 4) is 0 Å². The normalized spacial score (nSPS) is 16.7. The van der Waals surface area contributed by atoms with E-state index < -0.39 is 63.0 Å². The number of carboxylic acid groups (broad SMARTS) is 2. The smallest absolute Gasteiger partial charge is 0.350 e. The number of nitrogens with two attached hydrogens (primary N) is 3. The number of aromatic nitrogens is 4. The molecule has 53 heavy (non-hydrogen) atoms. The Bertz CT molecular complexity index is 2040. The van der Waals surface area contributed by atoms with E-state index in [1.165, 1.54) is 36.5 Å². The molecule has 1 aromatic carbocycles. The summed E-state index contributed by atoms with van der Waals surface area (Å²) in [6, 6.07) is -1.21. The van der Waals surface area contributed by atoms with E-state index in [2.05, 4.69) is 30.5 Å². The summed E-state index contributed by atoms with van der Waals surface area (Å²) < 4.78 is 6.95. The summed E-state index contributed by atoms with van der Waals surface area (Å²) in [4.78, 5) is 84.8. The number of halogens is 3. The Kier molecular flexibility index (Phi) is 14.6. The molecule has 0 radical (unpaired) electrons. The van der Waals surface area contributed by atoms with Gasteiger partial charge in [0.05, 0.1) is 18.7 Å². The van der Waals surface area contributed by atoms with E-state index in [0.29, 0.717) is 19.5 Å². The van der Waals surface area contributed by atoms with Gasteiger partial charge in [-0.1, -0.05) is 5.16 Å². The Morgan fingerprint density at radius 3 is 2.42 bits per heavy atom. The Balaban J connectivity index is 0.00000324. The van der Waals surface area contributed by atoms with E-state index in [1.807, 2.05) is 0 Å². The first-order valence-corrected chi connectivity index (χ1v) is 16.6. The van der Waals surface area contributed by atoms with Crippen molar-refractivity contribution >= 4 is 118 Å². The van der Waals surface area contributed by atoms with Gasteiger partial charge in [0.25, 0.3) is 22.7 Å². The van der Waals surface area contributed by atoms with Crippen LogP contribution in [-0.4, -0.2) is 89.4 Å². The summed E-state index contributed by atoms with van der Waals surface area (Å²) in [5.41, 5.74) is 13.9. The Morgan fingerprint density at radius 1 is 1.17 bits per heavy atom. The van der Waals surface area contributed by atoms with Gasteiger partial charge in [-0.3, -0.25) is 24.1 Å². The number of nitrogens with zero attached hydrogens (tertiary/aromatic N) is 6. The SMILES string of the molecule is Cl.Cl.Cl.Cn1c(N)c(Nc2c(NCCCN)c(=O)c2=O)c[n+]1CC1=C(C(=O)[O-])N2C(=O)[C@@H](NC(=O)/C(=N\OC(C)(C)C(=O)O)c3nsc(N)n3)[C@H]2SC1. The van der Waals surface area contributed by atoms with Crippen LogP contribution in [0.3, 0.4) is 0 Å². The highest BCUT2D eigenvalue weighted by molar-refractivity contribution is 8.00. The van der Waals surface area contributed by atoms with Crippen LogP contribution < -0.4 is 53.8 Å². The highest BCUT2D eigenvalue weighted by Crippen LogP contribution is 2.40. The predicted molar refractivity (Wildman–Crippen MR) is 199 cm³/mol. The lowest BCUT2D eigenvalue weighted by molar-refractivity contribution is -0.765. The van der Waals surface area contributed by atoms with Gasteiger partial charge in [-0.05, 0) is 26.8 Å². The molecule has 2 amide bonds. The molecule has 26 heteroatoms. The van der Waals surface area contributed by atoms with Crippen molar-refractivity contribution < 1.29 is 38.9 Å². The molecule has 0 saturated carbocycles. The van der Waals surface area contributed by atoms with Crippen LogP contribution in [0.5, 0.6) is 0 Å². The van der Waals surface area contributed by atoms with Gasteiger partial charge in [0.15, 0.2) is 23.2 Å².